The third-order valence-corrected chi connectivity index (χ3v) is 3.92. The summed E-state index contributed by atoms with van der Waals surface area (Å²) in [6, 6.07) is 4.33. The lowest BCUT2D eigenvalue weighted by molar-refractivity contribution is -0.0699. The predicted octanol–water partition coefficient (Wildman–Crippen LogP) is 3.10. The van der Waals surface area contributed by atoms with Crippen LogP contribution in [0, 0.1) is 20.8 Å². The molecular weight excluding hydrogens is 250 g/mol. The summed E-state index contributed by atoms with van der Waals surface area (Å²) in [5.41, 5.74) is 3.81. The van der Waals surface area contributed by atoms with E-state index in [1.54, 1.807) is 0 Å². The van der Waals surface area contributed by atoms with Gasteiger partial charge in [-0.05, 0) is 57.4 Å². The Morgan fingerprint density at radius 1 is 1.15 bits per heavy atom. The van der Waals surface area contributed by atoms with Gasteiger partial charge < -0.3 is 9.47 Å². The topological polar surface area (TPSA) is 21.7 Å². The normalized spacial score (nSPS) is 23.9. The second-order valence-corrected chi connectivity index (χ2v) is 6.07. The molecule has 0 aromatic heterocycles. The molecule has 0 saturated carbocycles. The minimum atomic E-state index is 0.321. The number of aryl methyl sites for hydroxylation is 2. The molecular formula is C17H27NO2. The lowest BCUT2D eigenvalue weighted by Gasteiger charge is -2.35. The van der Waals surface area contributed by atoms with Gasteiger partial charge in [0.15, 0.2) is 0 Å². The van der Waals surface area contributed by atoms with Crippen molar-refractivity contribution in [1.29, 1.82) is 0 Å². The van der Waals surface area contributed by atoms with Gasteiger partial charge >= 0.3 is 0 Å². The molecule has 1 fully saturated rings. The fourth-order valence-corrected chi connectivity index (χ4v) is 2.90. The van der Waals surface area contributed by atoms with Crippen molar-refractivity contribution in [3.63, 3.8) is 0 Å². The van der Waals surface area contributed by atoms with Gasteiger partial charge in [0.25, 0.3) is 0 Å². The molecule has 0 radical (unpaired) electrons. The van der Waals surface area contributed by atoms with Gasteiger partial charge in [-0.3, -0.25) is 4.90 Å². The van der Waals surface area contributed by atoms with Crippen molar-refractivity contribution in [1.82, 2.24) is 4.90 Å². The number of hydrogen-bond acceptors (Lipinski definition) is 3. The smallest absolute Gasteiger partial charge is 0.122 e. The Bertz CT molecular complexity index is 449. The Morgan fingerprint density at radius 2 is 1.80 bits per heavy atom. The Labute approximate surface area is 122 Å². The zero-order chi connectivity index (χ0) is 14.7. The average molecular weight is 277 g/mol. The molecule has 1 aliphatic rings. The van der Waals surface area contributed by atoms with Gasteiger partial charge in [0.1, 0.15) is 12.4 Å². The molecule has 0 N–H and O–H groups in total. The van der Waals surface area contributed by atoms with Gasteiger partial charge in [0.05, 0.1) is 12.2 Å². The molecule has 0 amide bonds. The molecule has 1 heterocycles. The second-order valence-electron chi connectivity index (χ2n) is 6.07. The van der Waals surface area contributed by atoms with Crippen LogP contribution in [0.25, 0.3) is 0 Å². The van der Waals surface area contributed by atoms with Crippen LogP contribution < -0.4 is 4.74 Å². The Hall–Kier alpha value is -1.06. The minimum absolute atomic E-state index is 0.321. The molecule has 3 nitrogen and oxygen atoms in total. The fourth-order valence-electron chi connectivity index (χ4n) is 2.90. The van der Waals surface area contributed by atoms with Crippen molar-refractivity contribution in [3.8, 4) is 5.75 Å². The number of hydrogen-bond donors (Lipinski definition) is 0. The van der Waals surface area contributed by atoms with Crippen LogP contribution in [-0.4, -0.2) is 43.3 Å². The fraction of sp³-hybridized carbons (Fsp3) is 0.647. The molecule has 112 valence electrons. The number of ether oxygens (including phenoxy) is 2. The van der Waals surface area contributed by atoms with Crippen LogP contribution in [0.15, 0.2) is 12.1 Å². The van der Waals surface area contributed by atoms with Gasteiger partial charge in [0, 0.05) is 19.6 Å². The monoisotopic (exact) mass is 277 g/mol. The van der Waals surface area contributed by atoms with Crippen LogP contribution in [0.2, 0.25) is 0 Å². The van der Waals surface area contributed by atoms with E-state index in [2.05, 4.69) is 51.7 Å². The summed E-state index contributed by atoms with van der Waals surface area (Å²) in [6.07, 6.45) is 0.642. The number of nitrogens with zero attached hydrogens (tertiary/aromatic N) is 1. The summed E-state index contributed by atoms with van der Waals surface area (Å²) < 4.78 is 11.7. The molecule has 1 aliphatic heterocycles. The highest BCUT2D eigenvalue weighted by atomic mass is 16.5. The summed E-state index contributed by atoms with van der Waals surface area (Å²) in [7, 11) is 0. The van der Waals surface area contributed by atoms with E-state index in [1.807, 2.05) is 0 Å². The van der Waals surface area contributed by atoms with Crippen molar-refractivity contribution < 1.29 is 9.47 Å². The summed E-state index contributed by atoms with van der Waals surface area (Å²) in [6.45, 7) is 14.4. The largest absolute Gasteiger partial charge is 0.492 e. The molecule has 0 aliphatic carbocycles. The van der Waals surface area contributed by atoms with Crippen LogP contribution in [-0.2, 0) is 4.74 Å². The highest BCUT2D eigenvalue weighted by Crippen LogP contribution is 2.23. The molecule has 1 aromatic carbocycles. The lowest BCUT2D eigenvalue weighted by Crippen LogP contribution is -2.46. The highest BCUT2D eigenvalue weighted by Gasteiger charge is 2.21. The Kier molecular flexibility index (Phi) is 5.06. The number of rotatable bonds is 4. The summed E-state index contributed by atoms with van der Waals surface area (Å²) in [4.78, 5) is 2.43. The van der Waals surface area contributed by atoms with E-state index in [0.717, 1.165) is 32.0 Å². The Morgan fingerprint density at radius 3 is 2.45 bits per heavy atom. The standard InChI is InChI=1S/C17H27NO2/c1-12-8-13(2)16(5)17(9-12)19-7-6-18-10-14(3)20-15(4)11-18/h8-9,14-15H,6-7,10-11H2,1-5H3/t14-,15-/m0/s1. The quantitative estimate of drug-likeness (QED) is 0.844. The van der Waals surface area contributed by atoms with Gasteiger partial charge in [-0.1, -0.05) is 6.07 Å². The Balaban J connectivity index is 1.87. The predicted molar refractivity (Wildman–Crippen MR) is 82.6 cm³/mol. The van der Waals surface area contributed by atoms with E-state index in [4.69, 9.17) is 9.47 Å². The molecule has 0 spiro atoms. The van der Waals surface area contributed by atoms with Gasteiger partial charge in [0.2, 0.25) is 0 Å². The van der Waals surface area contributed by atoms with Crippen LogP contribution in [0.4, 0.5) is 0 Å². The van der Waals surface area contributed by atoms with Crippen molar-refractivity contribution in [2.24, 2.45) is 0 Å². The summed E-state index contributed by atoms with van der Waals surface area (Å²) in [5, 5.41) is 0. The highest BCUT2D eigenvalue weighted by molar-refractivity contribution is 5.41. The molecule has 20 heavy (non-hydrogen) atoms. The third-order valence-electron chi connectivity index (χ3n) is 3.92. The van der Waals surface area contributed by atoms with E-state index in [0.29, 0.717) is 12.2 Å². The molecule has 2 rings (SSSR count). The molecule has 1 aromatic rings. The molecule has 0 bridgehead atoms. The first-order valence-electron chi connectivity index (χ1n) is 7.54. The SMILES string of the molecule is Cc1cc(C)c(C)c(OCCN2C[C@H](C)O[C@@H](C)C2)c1. The summed E-state index contributed by atoms with van der Waals surface area (Å²) in [5.74, 6) is 1.02. The maximum atomic E-state index is 5.99. The molecule has 0 unspecified atom stereocenters. The van der Waals surface area contributed by atoms with Crippen LogP contribution in [0.3, 0.4) is 0 Å². The first kappa shape index (κ1) is 15.3. The van der Waals surface area contributed by atoms with Crippen molar-refractivity contribution in [3.05, 3.63) is 28.8 Å². The maximum Gasteiger partial charge on any atom is 0.122 e. The first-order chi connectivity index (χ1) is 9.45. The lowest BCUT2D eigenvalue weighted by atomic mass is 10.1. The molecule has 1 saturated heterocycles. The van der Waals surface area contributed by atoms with Crippen molar-refractivity contribution >= 4 is 0 Å². The zero-order valence-corrected chi connectivity index (χ0v) is 13.4. The van der Waals surface area contributed by atoms with E-state index in [-0.39, 0.29) is 0 Å². The number of morpholine rings is 1. The van der Waals surface area contributed by atoms with Crippen LogP contribution >= 0.6 is 0 Å². The van der Waals surface area contributed by atoms with E-state index in [1.165, 1.54) is 16.7 Å². The van der Waals surface area contributed by atoms with Gasteiger partial charge in [-0.2, -0.15) is 0 Å². The van der Waals surface area contributed by atoms with E-state index >= 15 is 0 Å². The van der Waals surface area contributed by atoms with Crippen molar-refractivity contribution in [2.75, 3.05) is 26.2 Å². The van der Waals surface area contributed by atoms with E-state index in [9.17, 15) is 0 Å². The van der Waals surface area contributed by atoms with Crippen molar-refractivity contribution in [2.45, 2.75) is 46.8 Å². The van der Waals surface area contributed by atoms with Gasteiger partial charge in [-0.25, -0.2) is 0 Å². The first-order valence-corrected chi connectivity index (χ1v) is 7.54. The molecule has 2 atom stereocenters. The molecule has 3 heteroatoms. The second kappa shape index (κ2) is 6.59. The van der Waals surface area contributed by atoms with Gasteiger partial charge in [-0.15, -0.1) is 0 Å². The zero-order valence-electron chi connectivity index (χ0n) is 13.4. The minimum Gasteiger partial charge on any atom is -0.492 e. The van der Waals surface area contributed by atoms with Crippen LogP contribution in [0.1, 0.15) is 30.5 Å². The average Bonchev–Trinajstić information content (AvgIpc) is 2.34. The summed E-state index contributed by atoms with van der Waals surface area (Å²) >= 11 is 0. The third kappa shape index (κ3) is 3.97. The van der Waals surface area contributed by atoms with Crippen LogP contribution in [0.5, 0.6) is 5.75 Å². The maximum absolute atomic E-state index is 5.99. The number of benzene rings is 1. The van der Waals surface area contributed by atoms with E-state index < -0.39 is 0 Å².